The zero-order chi connectivity index (χ0) is 28.3. The molecule has 0 bridgehead atoms. The average molecular weight is 587 g/mol. The maximum absolute atomic E-state index is 13.8. The maximum Gasteiger partial charge on any atom is 0.418 e. The fraction of sp³-hybridized carbons (Fsp3) is 0.409. The lowest BCUT2D eigenvalue weighted by atomic mass is 10.1. The van der Waals surface area contributed by atoms with Gasteiger partial charge in [-0.25, -0.2) is 0 Å². The van der Waals surface area contributed by atoms with Crippen LogP contribution in [0.5, 0.6) is 0 Å². The number of nitrogens with zero attached hydrogens (tertiary/aromatic N) is 2. The number of alkyl halides is 6. The molecule has 16 heteroatoms. The summed E-state index contributed by atoms with van der Waals surface area (Å²) in [7, 11) is 0.986. The fourth-order valence-corrected chi connectivity index (χ4v) is 4.59. The van der Waals surface area contributed by atoms with Crippen LogP contribution in [0.1, 0.15) is 15.2 Å². The van der Waals surface area contributed by atoms with Gasteiger partial charge in [0.25, 0.3) is 11.8 Å². The second-order valence-electron chi connectivity index (χ2n) is 8.18. The third-order valence-corrected chi connectivity index (χ3v) is 6.59. The first-order chi connectivity index (χ1) is 17.7. The van der Waals surface area contributed by atoms with Gasteiger partial charge in [0.15, 0.2) is 0 Å². The van der Waals surface area contributed by atoms with Crippen LogP contribution < -0.4 is 15.5 Å². The van der Waals surface area contributed by atoms with E-state index in [9.17, 15) is 40.7 Å². The molecule has 1 aromatic heterocycles. The lowest BCUT2D eigenvalue weighted by Crippen LogP contribution is -2.51. The number of ether oxygens (including phenoxy) is 1. The SMILES string of the molecule is CN(CC(F)(F)F)[C@H](CNC(=O)c1ccc(Cl)s1)C(=O)Nc1ccc(N2CCOCC2=O)c(C(F)(F)F)c1. The Hall–Kier alpha value is -2.88. The average Bonchev–Trinajstić information content (AvgIpc) is 3.24. The van der Waals surface area contributed by atoms with Gasteiger partial charge in [0, 0.05) is 18.8 Å². The number of carbonyl (C=O) groups excluding carboxylic acids is 3. The minimum atomic E-state index is -4.92. The molecule has 8 nitrogen and oxygen atoms in total. The highest BCUT2D eigenvalue weighted by Gasteiger charge is 2.38. The van der Waals surface area contributed by atoms with Crippen molar-refractivity contribution in [3.8, 4) is 0 Å². The fourth-order valence-electron chi connectivity index (χ4n) is 3.63. The molecule has 1 aromatic carbocycles. The van der Waals surface area contributed by atoms with Crippen molar-refractivity contribution in [1.29, 1.82) is 0 Å². The van der Waals surface area contributed by atoms with Gasteiger partial charge in [-0.2, -0.15) is 26.3 Å². The highest BCUT2D eigenvalue weighted by Crippen LogP contribution is 2.39. The number of rotatable bonds is 8. The molecule has 1 aliphatic heterocycles. The van der Waals surface area contributed by atoms with Crippen molar-refractivity contribution in [3.63, 3.8) is 0 Å². The Labute approximate surface area is 221 Å². The largest absolute Gasteiger partial charge is 0.418 e. The Balaban J connectivity index is 1.83. The second kappa shape index (κ2) is 11.9. The first-order valence-electron chi connectivity index (χ1n) is 10.9. The van der Waals surface area contributed by atoms with Gasteiger partial charge in [0.2, 0.25) is 5.91 Å². The van der Waals surface area contributed by atoms with E-state index in [4.69, 9.17) is 16.3 Å². The summed E-state index contributed by atoms with van der Waals surface area (Å²) < 4.78 is 85.8. The molecule has 0 unspecified atom stereocenters. The number of benzene rings is 1. The summed E-state index contributed by atoms with van der Waals surface area (Å²) in [6.07, 6.45) is -9.62. The zero-order valence-electron chi connectivity index (χ0n) is 19.6. The predicted octanol–water partition coefficient (Wildman–Crippen LogP) is 4.01. The van der Waals surface area contributed by atoms with E-state index in [1.807, 2.05) is 0 Å². The third-order valence-electron chi connectivity index (χ3n) is 5.36. The lowest BCUT2D eigenvalue weighted by molar-refractivity contribution is -0.150. The van der Waals surface area contributed by atoms with Crippen molar-refractivity contribution < 1.29 is 45.5 Å². The van der Waals surface area contributed by atoms with Gasteiger partial charge in [0.1, 0.15) is 12.6 Å². The maximum atomic E-state index is 13.8. The molecule has 38 heavy (non-hydrogen) atoms. The van der Waals surface area contributed by atoms with E-state index < -0.39 is 67.1 Å². The van der Waals surface area contributed by atoms with Gasteiger partial charge in [-0.05, 0) is 37.4 Å². The Morgan fingerprint density at radius 1 is 1.18 bits per heavy atom. The van der Waals surface area contributed by atoms with Crippen molar-refractivity contribution in [2.45, 2.75) is 18.4 Å². The molecule has 0 radical (unpaired) electrons. The van der Waals surface area contributed by atoms with Gasteiger partial charge < -0.3 is 20.3 Å². The minimum absolute atomic E-state index is 0.0259. The number of anilines is 2. The summed E-state index contributed by atoms with van der Waals surface area (Å²) in [5.74, 6) is -2.47. The van der Waals surface area contributed by atoms with Crippen molar-refractivity contribution in [3.05, 3.63) is 45.1 Å². The number of amides is 3. The molecule has 2 N–H and O–H groups in total. The molecule has 1 fully saturated rings. The van der Waals surface area contributed by atoms with Crippen LogP contribution in [0.15, 0.2) is 30.3 Å². The van der Waals surface area contributed by atoms with Crippen molar-refractivity contribution in [2.75, 3.05) is 50.1 Å². The number of thiophene rings is 1. The molecule has 0 aliphatic carbocycles. The van der Waals surface area contributed by atoms with E-state index in [2.05, 4.69) is 10.6 Å². The van der Waals surface area contributed by atoms with Crippen LogP contribution in [0.2, 0.25) is 4.34 Å². The van der Waals surface area contributed by atoms with Crippen molar-refractivity contribution in [2.24, 2.45) is 0 Å². The van der Waals surface area contributed by atoms with Crippen LogP contribution in [0.4, 0.5) is 37.7 Å². The quantitative estimate of drug-likeness (QED) is 0.456. The molecule has 208 valence electrons. The molecular weight excluding hydrogens is 566 g/mol. The molecule has 0 spiro atoms. The van der Waals surface area contributed by atoms with Gasteiger partial charge in [-0.3, -0.25) is 19.3 Å². The number of nitrogens with one attached hydrogen (secondary N) is 2. The van der Waals surface area contributed by atoms with E-state index in [0.717, 1.165) is 35.4 Å². The van der Waals surface area contributed by atoms with E-state index in [1.54, 1.807) is 0 Å². The van der Waals surface area contributed by atoms with Gasteiger partial charge >= 0.3 is 12.4 Å². The molecule has 0 saturated carbocycles. The van der Waals surface area contributed by atoms with Crippen LogP contribution in [0.3, 0.4) is 0 Å². The highest BCUT2D eigenvalue weighted by atomic mass is 35.5. The third kappa shape index (κ3) is 7.82. The summed E-state index contributed by atoms with van der Waals surface area (Å²) in [5, 5.41) is 4.53. The first-order valence-corrected chi connectivity index (χ1v) is 12.1. The molecule has 1 atom stereocenters. The van der Waals surface area contributed by atoms with E-state index in [1.165, 1.54) is 12.1 Å². The summed E-state index contributed by atoms with van der Waals surface area (Å²) >= 11 is 6.69. The Morgan fingerprint density at radius 3 is 2.47 bits per heavy atom. The molecule has 3 amide bonds. The molecule has 2 aromatic rings. The van der Waals surface area contributed by atoms with Gasteiger partial charge in [-0.15, -0.1) is 11.3 Å². The minimum Gasteiger partial charge on any atom is -0.370 e. The van der Waals surface area contributed by atoms with Crippen LogP contribution in [0, 0.1) is 0 Å². The van der Waals surface area contributed by atoms with E-state index in [0.29, 0.717) is 15.3 Å². The zero-order valence-corrected chi connectivity index (χ0v) is 21.2. The van der Waals surface area contributed by atoms with Crippen LogP contribution in [-0.4, -0.2) is 74.7 Å². The monoisotopic (exact) mass is 586 g/mol. The normalized spacial score (nSPS) is 15.5. The highest BCUT2D eigenvalue weighted by molar-refractivity contribution is 7.18. The standard InChI is InChI=1S/C22H21ClF6N4O4S/c1-32(11-21(24,25)26)15(9-30-20(36)16-4-5-17(23)38-16)19(35)31-12-2-3-14(13(8-12)22(27,28)29)33-6-7-37-10-18(33)34/h2-5,8,15H,6-7,9-11H2,1H3,(H,30,36)(H,31,35)/t15-/m1/s1. The number of morpholine rings is 1. The van der Waals surface area contributed by atoms with Crippen LogP contribution >= 0.6 is 22.9 Å². The Morgan fingerprint density at radius 2 is 1.89 bits per heavy atom. The molecule has 1 saturated heterocycles. The summed E-state index contributed by atoms with van der Waals surface area (Å²) in [4.78, 5) is 39.0. The van der Waals surface area contributed by atoms with Gasteiger partial charge in [-0.1, -0.05) is 11.6 Å². The molecule has 2 heterocycles. The lowest BCUT2D eigenvalue weighted by Gasteiger charge is -2.30. The Bertz CT molecular complexity index is 1190. The Kier molecular flexibility index (Phi) is 9.28. The number of likely N-dealkylation sites (N-methyl/N-ethyl adjacent to an activating group) is 1. The number of halogens is 7. The van der Waals surface area contributed by atoms with Crippen molar-refractivity contribution >= 4 is 52.0 Å². The number of hydrogen-bond acceptors (Lipinski definition) is 6. The van der Waals surface area contributed by atoms with Crippen molar-refractivity contribution in [1.82, 2.24) is 10.2 Å². The van der Waals surface area contributed by atoms with Crippen LogP contribution in [-0.2, 0) is 20.5 Å². The second-order valence-corrected chi connectivity index (χ2v) is 9.89. The smallest absolute Gasteiger partial charge is 0.370 e. The molecule has 1 aliphatic rings. The first kappa shape index (κ1) is 29.7. The topological polar surface area (TPSA) is 91.0 Å². The van der Waals surface area contributed by atoms with E-state index in [-0.39, 0.29) is 23.7 Å². The van der Waals surface area contributed by atoms with Crippen LogP contribution in [0.25, 0.3) is 0 Å². The molecule has 3 rings (SSSR count). The number of carbonyl (C=O) groups is 3. The number of hydrogen-bond donors (Lipinski definition) is 2. The predicted molar refractivity (Wildman–Crippen MR) is 127 cm³/mol. The summed E-state index contributed by atoms with van der Waals surface area (Å²) in [6, 6.07) is 3.88. The summed E-state index contributed by atoms with van der Waals surface area (Å²) in [5.41, 5.74) is -2.04. The van der Waals surface area contributed by atoms with Gasteiger partial charge in [0.05, 0.1) is 33.6 Å². The summed E-state index contributed by atoms with van der Waals surface area (Å²) in [6.45, 7) is -2.60. The van der Waals surface area contributed by atoms with E-state index >= 15 is 0 Å². The molecular formula is C22H21ClF6N4O4S.